The Kier molecular flexibility index (Phi) is 4.52. The molecule has 8 heteroatoms. The Hall–Kier alpha value is -1.70. The number of rotatable bonds is 4. The van der Waals surface area contributed by atoms with Crippen LogP contribution < -0.4 is 5.32 Å². The lowest BCUT2D eigenvalue weighted by molar-refractivity contribution is -0.384. The second-order valence-corrected chi connectivity index (χ2v) is 6.21. The average molecular weight is 341 g/mol. The zero-order chi connectivity index (χ0) is 16.4. The Bertz CT molecular complexity index is 630. The summed E-state index contributed by atoms with van der Waals surface area (Å²) in [5, 5.41) is 13.6. The van der Waals surface area contributed by atoms with Crippen molar-refractivity contribution in [1.29, 1.82) is 0 Å². The van der Waals surface area contributed by atoms with Gasteiger partial charge in [-0.1, -0.05) is 11.6 Å². The van der Waals surface area contributed by atoms with Crippen LogP contribution in [0, 0.1) is 10.1 Å². The smallest absolute Gasteiger partial charge is 0.288 e. The van der Waals surface area contributed by atoms with Gasteiger partial charge in [-0.05, 0) is 25.0 Å². The normalized spacial score (nSPS) is 22.4. The number of nitrogens with one attached hydrogen (secondary N) is 1. The van der Waals surface area contributed by atoms with E-state index in [-0.39, 0.29) is 22.4 Å². The van der Waals surface area contributed by atoms with Gasteiger partial charge in [0, 0.05) is 31.0 Å². The van der Waals surface area contributed by atoms with E-state index in [9.17, 15) is 14.9 Å². The van der Waals surface area contributed by atoms with Crippen LogP contribution in [0.2, 0.25) is 5.02 Å². The third kappa shape index (κ3) is 3.46. The Labute approximate surface area is 138 Å². The molecule has 1 unspecified atom stereocenters. The zero-order valence-electron chi connectivity index (χ0n) is 12.4. The van der Waals surface area contributed by atoms with E-state index in [0.29, 0.717) is 13.2 Å². The van der Waals surface area contributed by atoms with Gasteiger partial charge in [0.1, 0.15) is 11.1 Å². The highest BCUT2D eigenvalue weighted by Crippen LogP contribution is 2.39. The number of nitro benzene ring substituents is 1. The Morgan fingerprint density at radius 2 is 2.17 bits per heavy atom. The van der Waals surface area contributed by atoms with Crippen molar-refractivity contribution >= 4 is 23.2 Å². The van der Waals surface area contributed by atoms with E-state index in [1.165, 1.54) is 18.2 Å². The summed E-state index contributed by atoms with van der Waals surface area (Å²) in [5.41, 5.74) is -0.0970. The summed E-state index contributed by atoms with van der Waals surface area (Å²) in [4.78, 5) is 22.4. The van der Waals surface area contributed by atoms with Gasteiger partial charge < -0.3 is 14.8 Å². The minimum absolute atomic E-state index is 0.00208. The second-order valence-electron chi connectivity index (χ2n) is 5.80. The maximum absolute atomic E-state index is 12.1. The van der Waals surface area contributed by atoms with Gasteiger partial charge in [0.15, 0.2) is 5.79 Å². The monoisotopic (exact) mass is 340 g/mol. The van der Waals surface area contributed by atoms with Crippen molar-refractivity contribution in [1.82, 2.24) is 5.32 Å². The molecule has 1 spiro atoms. The van der Waals surface area contributed by atoms with Crippen molar-refractivity contribution in [3.8, 4) is 0 Å². The molecular formula is C15H17ClN2O5. The van der Waals surface area contributed by atoms with Crippen molar-refractivity contribution in [3.05, 3.63) is 38.9 Å². The molecule has 1 atom stereocenters. The standard InChI is InChI=1S/C15H17ClN2O5/c16-12-4-3-10(7-13(12)18(20)21)14(19)17-8-11-9-22-15(23-11)5-1-2-6-15/h3-4,7,11H,1-2,5-6,8-9H2,(H,17,19). The number of nitrogens with zero attached hydrogens (tertiary/aromatic N) is 1. The first kappa shape index (κ1) is 16.2. The van der Waals surface area contributed by atoms with Crippen molar-refractivity contribution in [3.63, 3.8) is 0 Å². The van der Waals surface area contributed by atoms with Crippen LogP contribution in [0.1, 0.15) is 36.0 Å². The van der Waals surface area contributed by atoms with E-state index in [1.807, 2.05) is 0 Å². The Morgan fingerprint density at radius 3 is 2.87 bits per heavy atom. The van der Waals surface area contributed by atoms with Gasteiger partial charge in [0.2, 0.25) is 0 Å². The summed E-state index contributed by atoms with van der Waals surface area (Å²) in [6.07, 6.45) is 3.77. The van der Waals surface area contributed by atoms with Gasteiger partial charge in [0.25, 0.3) is 11.6 Å². The molecule has 2 aliphatic rings. The van der Waals surface area contributed by atoms with E-state index in [2.05, 4.69) is 5.32 Å². The predicted molar refractivity (Wildman–Crippen MR) is 82.5 cm³/mol. The van der Waals surface area contributed by atoms with Gasteiger partial charge in [-0.25, -0.2) is 0 Å². The van der Waals surface area contributed by atoms with E-state index in [1.54, 1.807) is 0 Å². The number of ether oxygens (including phenoxy) is 2. The molecule has 0 aromatic heterocycles. The largest absolute Gasteiger partial charge is 0.349 e. The number of carbonyl (C=O) groups is 1. The first-order valence-electron chi connectivity index (χ1n) is 7.53. The first-order valence-corrected chi connectivity index (χ1v) is 7.91. The maximum atomic E-state index is 12.1. The summed E-state index contributed by atoms with van der Waals surface area (Å²) in [5.74, 6) is -0.866. The van der Waals surface area contributed by atoms with E-state index in [0.717, 1.165) is 25.7 Å². The quantitative estimate of drug-likeness (QED) is 0.672. The van der Waals surface area contributed by atoms with Crippen LogP contribution in [0.3, 0.4) is 0 Å². The summed E-state index contributed by atoms with van der Waals surface area (Å²) >= 11 is 5.74. The van der Waals surface area contributed by atoms with Gasteiger partial charge in [-0.15, -0.1) is 0 Å². The highest BCUT2D eigenvalue weighted by molar-refractivity contribution is 6.32. The van der Waals surface area contributed by atoms with Crippen molar-refractivity contribution < 1.29 is 19.2 Å². The lowest BCUT2D eigenvalue weighted by Gasteiger charge is -2.21. The SMILES string of the molecule is O=C(NCC1COC2(CCCC2)O1)c1ccc(Cl)c([N+](=O)[O-])c1. The first-order chi connectivity index (χ1) is 11.0. The molecule has 3 rings (SSSR count). The highest BCUT2D eigenvalue weighted by Gasteiger charge is 2.43. The minimum atomic E-state index is -0.614. The van der Waals surface area contributed by atoms with Crippen LogP contribution >= 0.6 is 11.6 Å². The average Bonchev–Trinajstić information content (AvgIpc) is 3.15. The molecule has 1 amide bonds. The van der Waals surface area contributed by atoms with Crippen LogP contribution in [0.15, 0.2) is 18.2 Å². The molecule has 2 fully saturated rings. The molecule has 124 valence electrons. The number of carbonyl (C=O) groups excluding carboxylic acids is 1. The molecule has 1 aromatic rings. The molecule has 1 aromatic carbocycles. The van der Waals surface area contributed by atoms with Crippen molar-refractivity contribution in [2.75, 3.05) is 13.2 Å². The van der Waals surface area contributed by atoms with E-state index >= 15 is 0 Å². The molecule has 1 saturated heterocycles. The molecule has 1 aliphatic carbocycles. The Balaban J connectivity index is 1.58. The van der Waals surface area contributed by atoms with E-state index in [4.69, 9.17) is 21.1 Å². The van der Waals surface area contributed by atoms with Crippen LogP contribution in [0.25, 0.3) is 0 Å². The van der Waals surface area contributed by atoms with Crippen LogP contribution in [0.5, 0.6) is 0 Å². The number of hydrogen-bond donors (Lipinski definition) is 1. The molecule has 7 nitrogen and oxygen atoms in total. The fraction of sp³-hybridized carbons (Fsp3) is 0.533. The minimum Gasteiger partial charge on any atom is -0.349 e. The number of hydrogen-bond acceptors (Lipinski definition) is 5. The number of amides is 1. The van der Waals surface area contributed by atoms with Crippen molar-refractivity contribution in [2.24, 2.45) is 0 Å². The fourth-order valence-electron chi connectivity index (χ4n) is 3.00. The third-order valence-electron chi connectivity index (χ3n) is 4.17. The van der Waals surface area contributed by atoms with Crippen LogP contribution in [0.4, 0.5) is 5.69 Å². The number of benzene rings is 1. The lowest BCUT2D eigenvalue weighted by Crippen LogP contribution is -2.35. The fourth-order valence-corrected chi connectivity index (χ4v) is 3.18. The van der Waals surface area contributed by atoms with Gasteiger partial charge in [-0.2, -0.15) is 0 Å². The van der Waals surface area contributed by atoms with E-state index < -0.39 is 16.6 Å². The molecule has 1 heterocycles. The summed E-state index contributed by atoms with van der Waals surface area (Å²) in [7, 11) is 0. The number of nitro groups is 1. The number of halogens is 1. The zero-order valence-corrected chi connectivity index (χ0v) is 13.2. The molecular weight excluding hydrogens is 324 g/mol. The lowest BCUT2D eigenvalue weighted by atomic mass is 10.2. The highest BCUT2D eigenvalue weighted by atomic mass is 35.5. The van der Waals surface area contributed by atoms with Crippen LogP contribution in [-0.4, -0.2) is 35.9 Å². The summed E-state index contributed by atoms with van der Waals surface area (Å²) < 4.78 is 11.6. The van der Waals surface area contributed by atoms with Gasteiger partial charge in [0.05, 0.1) is 11.5 Å². The van der Waals surface area contributed by atoms with Crippen LogP contribution in [-0.2, 0) is 9.47 Å². The predicted octanol–water partition coefficient (Wildman–Crippen LogP) is 2.66. The molecule has 1 N–H and O–H groups in total. The van der Waals surface area contributed by atoms with Gasteiger partial charge >= 0.3 is 0 Å². The van der Waals surface area contributed by atoms with Gasteiger partial charge in [-0.3, -0.25) is 14.9 Å². The third-order valence-corrected chi connectivity index (χ3v) is 4.49. The summed E-state index contributed by atoms with van der Waals surface area (Å²) in [6, 6.07) is 3.97. The van der Waals surface area contributed by atoms with Crippen molar-refractivity contribution in [2.45, 2.75) is 37.6 Å². The topological polar surface area (TPSA) is 90.7 Å². The second kappa shape index (κ2) is 6.43. The Morgan fingerprint density at radius 1 is 1.43 bits per heavy atom. The maximum Gasteiger partial charge on any atom is 0.288 e. The molecule has 1 aliphatic heterocycles. The summed E-state index contributed by atoms with van der Waals surface area (Å²) in [6.45, 7) is 0.748. The molecule has 23 heavy (non-hydrogen) atoms. The molecule has 0 radical (unpaired) electrons. The molecule has 1 saturated carbocycles. The molecule has 0 bridgehead atoms.